The van der Waals surface area contributed by atoms with Crippen molar-refractivity contribution in [3.63, 3.8) is 0 Å². The van der Waals surface area contributed by atoms with Crippen LogP contribution in [0.5, 0.6) is 0 Å². The Hall–Kier alpha value is -2.67. The second kappa shape index (κ2) is 7.15. The van der Waals surface area contributed by atoms with Gasteiger partial charge in [0.1, 0.15) is 0 Å². The Morgan fingerprint density at radius 3 is 2.30 bits per heavy atom. The van der Waals surface area contributed by atoms with Crippen molar-refractivity contribution in [2.75, 3.05) is 18.0 Å². The molecule has 0 bridgehead atoms. The number of aromatic nitrogens is 4. The van der Waals surface area contributed by atoms with E-state index in [0.29, 0.717) is 11.8 Å². The summed E-state index contributed by atoms with van der Waals surface area (Å²) < 4.78 is 3.10. The number of nitrogens with zero attached hydrogens (tertiary/aromatic N) is 5. The molecule has 4 rings (SSSR count). The van der Waals surface area contributed by atoms with Crippen LogP contribution in [0.4, 0.5) is 5.95 Å². The maximum absolute atomic E-state index is 12.7. The molecule has 1 aliphatic heterocycles. The number of para-hydroxylation sites is 2. The first kappa shape index (κ1) is 17.7. The van der Waals surface area contributed by atoms with Gasteiger partial charge in [-0.25, -0.2) is 9.97 Å². The highest BCUT2D eigenvalue weighted by atomic mass is 35.5. The van der Waals surface area contributed by atoms with Crippen molar-refractivity contribution in [2.45, 2.75) is 24.8 Å². The molecule has 1 saturated heterocycles. The van der Waals surface area contributed by atoms with Crippen molar-refractivity contribution in [3.8, 4) is 0 Å². The highest BCUT2D eigenvalue weighted by Crippen LogP contribution is 2.26. The van der Waals surface area contributed by atoms with Crippen molar-refractivity contribution in [1.29, 1.82) is 0 Å². The van der Waals surface area contributed by atoms with Gasteiger partial charge in [0, 0.05) is 44.1 Å². The average molecular weight is 386 g/mol. The van der Waals surface area contributed by atoms with Crippen LogP contribution in [-0.4, -0.2) is 32.2 Å². The Morgan fingerprint density at radius 1 is 1.04 bits per heavy atom. The molecule has 0 unspecified atom stereocenters. The van der Waals surface area contributed by atoms with Crippen LogP contribution in [0.25, 0.3) is 11.0 Å². The van der Waals surface area contributed by atoms with E-state index >= 15 is 0 Å². The summed E-state index contributed by atoms with van der Waals surface area (Å²) in [5, 5.41) is 0. The topological polar surface area (TPSA) is 73.0 Å². The second-order valence-corrected chi connectivity index (χ2v) is 7.04. The molecule has 140 valence electrons. The predicted octanol–water partition coefficient (Wildman–Crippen LogP) is 2.07. The number of hydrogen-bond acceptors (Lipinski definition) is 5. The minimum atomic E-state index is -0.490. The number of aryl methyl sites for hydroxylation is 1. The summed E-state index contributed by atoms with van der Waals surface area (Å²) >= 11 is 5.79. The van der Waals surface area contributed by atoms with Gasteiger partial charge in [0.05, 0.1) is 16.9 Å². The molecular formula is C19H20ClN5O2. The Balaban J connectivity index is 1.63. The van der Waals surface area contributed by atoms with E-state index in [9.17, 15) is 9.59 Å². The molecule has 2 aromatic heterocycles. The van der Waals surface area contributed by atoms with Gasteiger partial charge in [-0.2, -0.15) is 0 Å². The molecule has 0 spiro atoms. The summed E-state index contributed by atoms with van der Waals surface area (Å²) in [6.07, 6.45) is 4.97. The normalized spacial score (nSPS) is 15.4. The number of piperidine rings is 1. The van der Waals surface area contributed by atoms with Crippen molar-refractivity contribution >= 4 is 28.6 Å². The Kier molecular flexibility index (Phi) is 4.70. The van der Waals surface area contributed by atoms with Gasteiger partial charge in [-0.05, 0) is 25.0 Å². The number of alkyl halides is 1. The second-order valence-electron chi connectivity index (χ2n) is 6.77. The molecule has 0 radical (unpaired) electrons. The quantitative estimate of drug-likeness (QED) is 0.509. The molecule has 27 heavy (non-hydrogen) atoms. The SMILES string of the molecule is Cn1c(=O)c(=O)n(C2CCN(c3ncc(CCl)cn3)CC2)c2ccccc21. The van der Waals surface area contributed by atoms with Gasteiger partial charge >= 0.3 is 11.1 Å². The molecule has 7 nitrogen and oxygen atoms in total. The number of halogens is 1. The Labute approximate surface area is 160 Å². The van der Waals surface area contributed by atoms with Crippen molar-refractivity contribution < 1.29 is 0 Å². The lowest BCUT2D eigenvalue weighted by atomic mass is 10.0. The van der Waals surface area contributed by atoms with Crippen LogP contribution in [0.3, 0.4) is 0 Å². The van der Waals surface area contributed by atoms with Crippen LogP contribution in [0.15, 0.2) is 46.2 Å². The first-order chi connectivity index (χ1) is 13.1. The van der Waals surface area contributed by atoms with E-state index in [1.807, 2.05) is 24.3 Å². The van der Waals surface area contributed by atoms with Gasteiger partial charge in [-0.3, -0.25) is 14.2 Å². The number of rotatable bonds is 3. The smallest absolute Gasteiger partial charge is 0.317 e. The van der Waals surface area contributed by atoms with Crippen molar-refractivity contribution in [2.24, 2.45) is 7.05 Å². The van der Waals surface area contributed by atoms with Gasteiger partial charge < -0.3 is 9.47 Å². The third-order valence-corrected chi connectivity index (χ3v) is 5.48. The highest BCUT2D eigenvalue weighted by Gasteiger charge is 2.25. The van der Waals surface area contributed by atoms with Gasteiger partial charge in [0.25, 0.3) is 0 Å². The molecular weight excluding hydrogens is 366 g/mol. The third kappa shape index (κ3) is 3.12. The largest absolute Gasteiger partial charge is 0.341 e. The maximum Gasteiger partial charge on any atom is 0.317 e. The zero-order chi connectivity index (χ0) is 19.0. The van der Waals surface area contributed by atoms with Crippen LogP contribution in [0.2, 0.25) is 0 Å². The lowest BCUT2D eigenvalue weighted by Crippen LogP contribution is -2.45. The van der Waals surface area contributed by atoms with E-state index in [4.69, 9.17) is 11.6 Å². The fourth-order valence-corrected chi connectivity index (χ4v) is 3.82. The minimum absolute atomic E-state index is 0.0188. The fraction of sp³-hybridized carbons (Fsp3) is 0.368. The third-order valence-electron chi connectivity index (χ3n) is 5.17. The number of hydrogen-bond donors (Lipinski definition) is 0. The van der Waals surface area contributed by atoms with Crippen LogP contribution in [0, 0.1) is 0 Å². The van der Waals surface area contributed by atoms with Gasteiger partial charge in [0.2, 0.25) is 5.95 Å². The van der Waals surface area contributed by atoms with Crippen LogP contribution >= 0.6 is 11.6 Å². The molecule has 1 aromatic carbocycles. The molecule has 0 atom stereocenters. The number of anilines is 1. The van der Waals surface area contributed by atoms with Crippen LogP contribution in [-0.2, 0) is 12.9 Å². The van der Waals surface area contributed by atoms with E-state index in [1.54, 1.807) is 24.0 Å². The van der Waals surface area contributed by atoms with Crippen molar-refractivity contribution in [3.05, 3.63) is 62.9 Å². The van der Waals surface area contributed by atoms with E-state index in [-0.39, 0.29) is 6.04 Å². The lowest BCUT2D eigenvalue weighted by molar-refractivity contribution is 0.391. The number of fused-ring (bicyclic) bond motifs is 1. The zero-order valence-electron chi connectivity index (χ0n) is 15.0. The maximum atomic E-state index is 12.7. The van der Waals surface area contributed by atoms with Crippen LogP contribution in [0.1, 0.15) is 24.4 Å². The fourth-order valence-electron chi connectivity index (χ4n) is 3.68. The Bertz CT molecular complexity index is 1080. The van der Waals surface area contributed by atoms with E-state index in [2.05, 4.69) is 14.9 Å². The predicted molar refractivity (Wildman–Crippen MR) is 106 cm³/mol. The zero-order valence-corrected chi connectivity index (χ0v) is 15.8. The summed E-state index contributed by atoms with van der Waals surface area (Å²) in [4.78, 5) is 35.9. The molecule has 1 fully saturated rings. The molecule has 0 saturated carbocycles. The minimum Gasteiger partial charge on any atom is -0.341 e. The molecule has 3 aromatic rings. The van der Waals surface area contributed by atoms with E-state index in [0.717, 1.165) is 42.5 Å². The first-order valence-corrected chi connectivity index (χ1v) is 9.45. The molecule has 3 heterocycles. The first-order valence-electron chi connectivity index (χ1n) is 8.92. The van der Waals surface area contributed by atoms with Crippen molar-refractivity contribution in [1.82, 2.24) is 19.1 Å². The number of benzene rings is 1. The summed E-state index contributed by atoms with van der Waals surface area (Å²) in [5.41, 5.74) is 1.50. The summed E-state index contributed by atoms with van der Waals surface area (Å²) in [5.74, 6) is 1.06. The van der Waals surface area contributed by atoms with Gasteiger partial charge in [0.15, 0.2) is 0 Å². The molecule has 1 aliphatic rings. The summed E-state index contributed by atoms with van der Waals surface area (Å²) in [6, 6.07) is 7.52. The molecule has 0 N–H and O–H groups in total. The standard InChI is InChI=1S/C19H20ClN5O2/c1-23-15-4-2-3-5-16(15)25(18(27)17(23)26)14-6-8-24(9-7-14)19-21-11-13(10-20)12-22-19/h2-5,11-12,14H,6-10H2,1H3. The van der Waals surface area contributed by atoms with Crippen LogP contribution < -0.4 is 16.0 Å². The van der Waals surface area contributed by atoms with E-state index in [1.165, 1.54) is 4.57 Å². The molecule has 0 aliphatic carbocycles. The summed E-state index contributed by atoms with van der Waals surface area (Å²) in [7, 11) is 1.64. The van der Waals surface area contributed by atoms with Gasteiger partial charge in [-0.15, -0.1) is 11.6 Å². The monoisotopic (exact) mass is 385 g/mol. The van der Waals surface area contributed by atoms with E-state index < -0.39 is 11.1 Å². The lowest BCUT2D eigenvalue weighted by Gasteiger charge is -2.33. The average Bonchev–Trinajstić information content (AvgIpc) is 2.73. The molecule has 8 heteroatoms. The highest BCUT2D eigenvalue weighted by molar-refractivity contribution is 6.17. The van der Waals surface area contributed by atoms with Gasteiger partial charge in [-0.1, -0.05) is 12.1 Å². The molecule has 0 amide bonds. The summed E-state index contributed by atoms with van der Waals surface area (Å²) in [6.45, 7) is 1.45. The Morgan fingerprint density at radius 2 is 1.67 bits per heavy atom.